The van der Waals surface area contributed by atoms with E-state index < -0.39 is 22.0 Å². The first-order valence-electron chi connectivity index (χ1n) is 5.97. The highest BCUT2D eigenvalue weighted by Crippen LogP contribution is 2.22. The van der Waals surface area contributed by atoms with Crippen molar-refractivity contribution >= 4 is 5.69 Å². The number of aryl methyl sites for hydroxylation is 1. The monoisotopic (exact) mass is 287 g/mol. The van der Waals surface area contributed by atoms with Crippen molar-refractivity contribution in [1.82, 2.24) is 4.57 Å². The van der Waals surface area contributed by atoms with Crippen LogP contribution >= 0.6 is 0 Å². The molecule has 0 aliphatic heterocycles. The van der Waals surface area contributed by atoms with E-state index in [1.807, 2.05) is 0 Å². The Morgan fingerprint density at radius 2 is 2.14 bits per heavy atom. The van der Waals surface area contributed by atoms with E-state index in [1.165, 1.54) is 24.4 Å². The maximum Gasteiger partial charge on any atom is 0.277 e. The molecule has 1 heterocycles. The van der Waals surface area contributed by atoms with E-state index in [2.05, 4.69) is 0 Å². The van der Waals surface area contributed by atoms with Gasteiger partial charge in [-0.05, 0) is 24.6 Å². The number of nitriles is 1. The van der Waals surface area contributed by atoms with Crippen molar-refractivity contribution in [2.45, 2.75) is 13.5 Å². The number of nitrogens with zero attached hydrogens (tertiary/aromatic N) is 3. The summed E-state index contributed by atoms with van der Waals surface area (Å²) in [6.07, 6.45) is 1.38. The Hall–Kier alpha value is -3.01. The fourth-order valence-corrected chi connectivity index (χ4v) is 1.97. The molecule has 1 aromatic carbocycles. The van der Waals surface area contributed by atoms with Crippen LogP contribution in [-0.4, -0.2) is 9.49 Å². The molecule has 2 rings (SSSR count). The molecule has 7 heteroatoms. The molecule has 0 N–H and O–H groups in total. The molecule has 0 amide bonds. The van der Waals surface area contributed by atoms with Crippen LogP contribution in [0.2, 0.25) is 0 Å². The van der Waals surface area contributed by atoms with E-state index in [9.17, 15) is 19.3 Å². The number of hydrogen-bond donors (Lipinski definition) is 0. The fraction of sp³-hybridized carbons (Fsp3) is 0.143. The van der Waals surface area contributed by atoms with Crippen molar-refractivity contribution < 1.29 is 9.31 Å². The van der Waals surface area contributed by atoms with Crippen LogP contribution < -0.4 is 5.56 Å². The van der Waals surface area contributed by atoms with E-state index in [4.69, 9.17) is 5.26 Å². The maximum atomic E-state index is 13.8. The van der Waals surface area contributed by atoms with Gasteiger partial charge in [0.25, 0.3) is 11.2 Å². The molecule has 106 valence electrons. The molecule has 0 bridgehead atoms. The van der Waals surface area contributed by atoms with Crippen LogP contribution in [0.1, 0.15) is 16.7 Å². The first kappa shape index (κ1) is 14.4. The van der Waals surface area contributed by atoms with Crippen molar-refractivity contribution in [1.29, 1.82) is 5.26 Å². The molecule has 21 heavy (non-hydrogen) atoms. The van der Waals surface area contributed by atoms with Crippen LogP contribution in [0.15, 0.2) is 35.3 Å². The summed E-state index contributed by atoms with van der Waals surface area (Å²) in [7, 11) is 0. The molecule has 0 aliphatic carbocycles. The molecular formula is C14H10FN3O3. The number of pyridine rings is 1. The van der Waals surface area contributed by atoms with E-state index in [0.29, 0.717) is 5.56 Å². The highest BCUT2D eigenvalue weighted by Gasteiger charge is 2.19. The topological polar surface area (TPSA) is 88.9 Å². The van der Waals surface area contributed by atoms with Gasteiger partial charge in [0.1, 0.15) is 17.4 Å². The molecule has 0 unspecified atom stereocenters. The van der Waals surface area contributed by atoms with Crippen molar-refractivity contribution in [3.63, 3.8) is 0 Å². The van der Waals surface area contributed by atoms with Crippen molar-refractivity contribution in [2.24, 2.45) is 0 Å². The van der Waals surface area contributed by atoms with Gasteiger partial charge in [-0.15, -0.1) is 0 Å². The lowest BCUT2D eigenvalue weighted by Gasteiger charge is -2.08. The predicted molar refractivity (Wildman–Crippen MR) is 72.3 cm³/mol. The first-order valence-corrected chi connectivity index (χ1v) is 5.97. The second kappa shape index (κ2) is 5.54. The zero-order valence-corrected chi connectivity index (χ0v) is 11.0. The van der Waals surface area contributed by atoms with Crippen LogP contribution in [0.5, 0.6) is 0 Å². The Kier molecular flexibility index (Phi) is 3.80. The standard InChI is InChI=1S/C14H10FN3O3/c1-9-5-6-17(14(19)10(9)7-16)8-11-12(15)3-2-4-13(11)18(20)21/h2-6H,8H2,1H3. The van der Waals surface area contributed by atoms with Crippen LogP contribution in [0, 0.1) is 34.2 Å². The minimum absolute atomic E-state index is 0.0588. The van der Waals surface area contributed by atoms with Gasteiger partial charge in [-0.3, -0.25) is 14.9 Å². The minimum Gasteiger partial charge on any atom is -0.310 e. The maximum absolute atomic E-state index is 13.8. The van der Waals surface area contributed by atoms with E-state index in [1.54, 1.807) is 13.0 Å². The largest absolute Gasteiger partial charge is 0.310 e. The summed E-state index contributed by atoms with van der Waals surface area (Å²) < 4.78 is 14.9. The number of rotatable bonds is 3. The second-order valence-corrected chi connectivity index (χ2v) is 4.41. The summed E-state index contributed by atoms with van der Waals surface area (Å²) in [6.45, 7) is 1.30. The molecule has 0 atom stereocenters. The molecule has 0 fully saturated rings. The zero-order valence-electron chi connectivity index (χ0n) is 11.0. The van der Waals surface area contributed by atoms with Crippen LogP contribution in [0.4, 0.5) is 10.1 Å². The van der Waals surface area contributed by atoms with Crippen LogP contribution in [0.25, 0.3) is 0 Å². The van der Waals surface area contributed by atoms with Gasteiger partial charge in [-0.2, -0.15) is 5.26 Å². The highest BCUT2D eigenvalue weighted by atomic mass is 19.1. The Morgan fingerprint density at radius 3 is 2.76 bits per heavy atom. The Labute approximate surface area is 118 Å². The molecular weight excluding hydrogens is 277 g/mol. The lowest BCUT2D eigenvalue weighted by Crippen LogP contribution is -2.24. The minimum atomic E-state index is -0.768. The molecule has 6 nitrogen and oxygen atoms in total. The van der Waals surface area contributed by atoms with Gasteiger partial charge >= 0.3 is 0 Å². The summed E-state index contributed by atoms with van der Waals surface area (Å²) in [5.74, 6) is -0.768. The Balaban J connectivity index is 2.57. The van der Waals surface area contributed by atoms with Crippen molar-refractivity contribution in [3.8, 4) is 6.07 Å². The van der Waals surface area contributed by atoms with Gasteiger partial charge in [0, 0.05) is 12.3 Å². The quantitative estimate of drug-likeness (QED) is 0.639. The third kappa shape index (κ3) is 2.65. The summed E-state index contributed by atoms with van der Waals surface area (Å²) >= 11 is 0. The third-order valence-corrected chi connectivity index (χ3v) is 3.10. The lowest BCUT2D eigenvalue weighted by atomic mass is 10.1. The number of nitro benzene ring substituents is 1. The summed E-state index contributed by atoms with van der Waals surface area (Å²) in [5.41, 5.74) is -0.758. The smallest absolute Gasteiger partial charge is 0.277 e. The second-order valence-electron chi connectivity index (χ2n) is 4.41. The third-order valence-electron chi connectivity index (χ3n) is 3.10. The van der Waals surface area contributed by atoms with Crippen LogP contribution in [-0.2, 0) is 6.54 Å². The van der Waals surface area contributed by atoms with Crippen molar-refractivity contribution in [2.75, 3.05) is 0 Å². The number of halogens is 1. The van der Waals surface area contributed by atoms with E-state index in [-0.39, 0.29) is 17.7 Å². The SMILES string of the molecule is Cc1ccn(Cc2c(F)cccc2[N+](=O)[O-])c(=O)c1C#N. The molecule has 0 radical (unpaired) electrons. The van der Waals surface area contributed by atoms with Gasteiger partial charge in [-0.25, -0.2) is 4.39 Å². The number of benzene rings is 1. The molecule has 0 saturated carbocycles. The van der Waals surface area contributed by atoms with E-state index >= 15 is 0 Å². The van der Waals surface area contributed by atoms with Gasteiger partial charge in [0.05, 0.1) is 17.0 Å². The number of hydrogen-bond acceptors (Lipinski definition) is 4. The average Bonchev–Trinajstić information content (AvgIpc) is 2.44. The van der Waals surface area contributed by atoms with Gasteiger partial charge in [-0.1, -0.05) is 6.07 Å². The number of nitro groups is 1. The lowest BCUT2D eigenvalue weighted by molar-refractivity contribution is -0.385. The van der Waals surface area contributed by atoms with Crippen LogP contribution in [0.3, 0.4) is 0 Å². The predicted octanol–water partition coefficient (Wildman–Crippen LogP) is 2.12. The fourth-order valence-electron chi connectivity index (χ4n) is 1.97. The zero-order chi connectivity index (χ0) is 15.6. The normalized spacial score (nSPS) is 10.1. The Morgan fingerprint density at radius 1 is 1.43 bits per heavy atom. The summed E-state index contributed by atoms with van der Waals surface area (Å²) in [4.78, 5) is 22.3. The molecule has 0 aliphatic rings. The molecule has 0 spiro atoms. The average molecular weight is 287 g/mol. The Bertz CT molecular complexity index is 821. The van der Waals surface area contributed by atoms with Crippen molar-refractivity contribution in [3.05, 3.63) is 73.4 Å². The van der Waals surface area contributed by atoms with E-state index in [0.717, 1.165) is 10.6 Å². The summed E-state index contributed by atoms with van der Waals surface area (Å²) in [5, 5.41) is 19.9. The molecule has 2 aromatic rings. The van der Waals surface area contributed by atoms with Gasteiger partial charge in [0.15, 0.2) is 0 Å². The highest BCUT2D eigenvalue weighted by molar-refractivity contribution is 5.41. The van der Waals surface area contributed by atoms with Gasteiger partial charge < -0.3 is 4.57 Å². The molecule has 1 aromatic heterocycles. The molecule has 0 saturated heterocycles. The summed E-state index contributed by atoms with van der Waals surface area (Å²) in [6, 6.07) is 6.81. The first-order chi connectivity index (χ1) is 9.95. The van der Waals surface area contributed by atoms with Gasteiger partial charge in [0.2, 0.25) is 0 Å². The number of aromatic nitrogens is 1.